The Labute approximate surface area is 202 Å². The number of ether oxygens (including phenoxy) is 1. The summed E-state index contributed by atoms with van der Waals surface area (Å²) in [5.41, 5.74) is 1.69. The molecule has 3 aromatic carbocycles. The summed E-state index contributed by atoms with van der Waals surface area (Å²) in [7, 11) is 0. The van der Waals surface area contributed by atoms with Crippen LogP contribution >= 0.6 is 39.3 Å². The second-order valence-corrected chi connectivity index (χ2v) is 9.18. The highest BCUT2D eigenvalue weighted by Crippen LogP contribution is 2.35. The number of nitrogens with zero attached hydrogens (tertiary/aromatic N) is 1. The number of carbonyl (C=O) groups excluding carboxylic acids is 3. The molecule has 0 spiro atoms. The number of rotatable bonds is 5. The Morgan fingerprint density at radius 2 is 1.75 bits per heavy atom. The van der Waals surface area contributed by atoms with Crippen molar-refractivity contribution >= 4 is 62.5 Å². The van der Waals surface area contributed by atoms with Crippen LogP contribution in [0.4, 0.5) is 4.79 Å². The van der Waals surface area contributed by atoms with Crippen LogP contribution in [0.25, 0.3) is 6.08 Å². The van der Waals surface area contributed by atoms with E-state index in [9.17, 15) is 14.4 Å². The average molecular weight is 529 g/mol. The maximum Gasteiger partial charge on any atom is 0.343 e. The maximum atomic E-state index is 12.9. The van der Waals surface area contributed by atoms with Gasteiger partial charge in [0.15, 0.2) is 0 Å². The van der Waals surface area contributed by atoms with Crippen molar-refractivity contribution in [1.29, 1.82) is 0 Å². The molecule has 1 saturated heterocycles. The number of amides is 2. The third-order valence-electron chi connectivity index (χ3n) is 4.60. The van der Waals surface area contributed by atoms with Crippen molar-refractivity contribution in [2.45, 2.75) is 6.54 Å². The third kappa shape index (κ3) is 5.12. The van der Waals surface area contributed by atoms with E-state index in [2.05, 4.69) is 15.9 Å². The standard InChI is InChI=1S/C24H15BrClNO4S/c25-18-8-11-20(31-23(29)16-6-9-19(26)10-7-16)17(12-18)13-21-22(28)27(24(30)32-21)14-15-4-2-1-3-5-15/h1-13H,14H2/b21-13-. The van der Waals surface area contributed by atoms with Crippen LogP contribution in [0, 0.1) is 0 Å². The van der Waals surface area contributed by atoms with Crippen LogP contribution in [0.5, 0.6) is 5.75 Å². The summed E-state index contributed by atoms with van der Waals surface area (Å²) < 4.78 is 6.29. The smallest absolute Gasteiger partial charge is 0.343 e. The highest BCUT2D eigenvalue weighted by Gasteiger charge is 2.35. The summed E-state index contributed by atoms with van der Waals surface area (Å²) in [6.45, 7) is 0.194. The predicted molar refractivity (Wildman–Crippen MR) is 129 cm³/mol. The first-order valence-electron chi connectivity index (χ1n) is 9.47. The normalized spacial score (nSPS) is 14.8. The van der Waals surface area contributed by atoms with Gasteiger partial charge in [-0.15, -0.1) is 0 Å². The van der Waals surface area contributed by atoms with Crippen LogP contribution in [-0.4, -0.2) is 22.0 Å². The van der Waals surface area contributed by atoms with Crippen molar-refractivity contribution in [3.05, 3.63) is 104 Å². The van der Waals surface area contributed by atoms with Gasteiger partial charge in [0.25, 0.3) is 11.1 Å². The number of carbonyl (C=O) groups is 3. The summed E-state index contributed by atoms with van der Waals surface area (Å²) in [6.07, 6.45) is 1.56. The zero-order valence-corrected chi connectivity index (χ0v) is 19.6. The van der Waals surface area contributed by atoms with Crippen LogP contribution in [0.1, 0.15) is 21.5 Å². The first kappa shape index (κ1) is 22.3. The van der Waals surface area contributed by atoms with Crippen LogP contribution in [0.3, 0.4) is 0 Å². The highest BCUT2D eigenvalue weighted by atomic mass is 79.9. The van der Waals surface area contributed by atoms with Crippen LogP contribution in [0.2, 0.25) is 5.02 Å². The molecule has 0 aliphatic carbocycles. The second kappa shape index (κ2) is 9.73. The highest BCUT2D eigenvalue weighted by molar-refractivity contribution is 9.10. The van der Waals surface area contributed by atoms with Gasteiger partial charge >= 0.3 is 5.97 Å². The van der Waals surface area contributed by atoms with Gasteiger partial charge in [0.2, 0.25) is 0 Å². The molecule has 1 fully saturated rings. The molecule has 0 radical (unpaired) electrons. The van der Waals surface area contributed by atoms with Gasteiger partial charge in [-0.2, -0.15) is 0 Å². The van der Waals surface area contributed by atoms with Gasteiger partial charge in [0.1, 0.15) is 5.75 Å². The van der Waals surface area contributed by atoms with Gasteiger partial charge in [-0.05, 0) is 65.9 Å². The van der Waals surface area contributed by atoms with E-state index in [1.807, 2.05) is 30.3 Å². The first-order valence-corrected chi connectivity index (χ1v) is 11.5. The Kier molecular flexibility index (Phi) is 6.79. The Hall–Kier alpha value is -2.87. The van der Waals surface area contributed by atoms with Gasteiger partial charge in [0, 0.05) is 15.1 Å². The Morgan fingerprint density at radius 3 is 2.47 bits per heavy atom. The molecule has 2 amide bonds. The Morgan fingerprint density at radius 1 is 1.03 bits per heavy atom. The fraction of sp³-hybridized carbons (Fsp3) is 0.0417. The summed E-state index contributed by atoms with van der Waals surface area (Å²) >= 11 is 10.1. The minimum Gasteiger partial charge on any atom is -0.422 e. The number of imide groups is 1. The van der Waals surface area contributed by atoms with Crippen LogP contribution < -0.4 is 4.74 Å². The van der Waals surface area contributed by atoms with Crippen molar-refractivity contribution in [3.8, 4) is 5.75 Å². The SMILES string of the molecule is O=C(Oc1ccc(Br)cc1/C=C1\SC(=O)N(Cc2ccccc2)C1=O)c1ccc(Cl)cc1. The van der Waals surface area contributed by atoms with Crippen LogP contribution in [0.15, 0.2) is 82.2 Å². The first-order chi connectivity index (χ1) is 15.4. The lowest BCUT2D eigenvalue weighted by Crippen LogP contribution is -2.27. The number of thioether (sulfide) groups is 1. The maximum absolute atomic E-state index is 12.9. The molecule has 32 heavy (non-hydrogen) atoms. The molecule has 1 aliphatic rings. The van der Waals surface area contributed by atoms with E-state index >= 15 is 0 Å². The predicted octanol–water partition coefficient (Wildman–Crippen LogP) is 6.56. The van der Waals surface area contributed by atoms with Crippen LogP contribution in [-0.2, 0) is 11.3 Å². The van der Waals surface area contributed by atoms with Gasteiger partial charge < -0.3 is 4.74 Å². The molecule has 0 aromatic heterocycles. The molecule has 0 unspecified atom stereocenters. The largest absolute Gasteiger partial charge is 0.422 e. The fourth-order valence-electron chi connectivity index (χ4n) is 3.01. The van der Waals surface area contributed by atoms with Crippen molar-refractivity contribution in [2.75, 3.05) is 0 Å². The molecular formula is C24H15BrClNO4S. The molecule has 0 saturated carbocycles. The van der Waals surface area contributed by atoms with Gasteiger partial charge in [-0.25, -0.2) is 4.79 Å². The number of halogens is 2. The summed E-state index contributed by atoms with van der Waals surface area (Å²) in [5, 5.41) is 0.164. The number of esters is 1. The zero-order chi connectivity index (χ0) is 22.7. The molecule has 8 heteroatoms. The quantitative estimate of drug-likeness (QED) is 0.213. The molecule has 5 nitrogen and oxygen atoms in total. The lowest BCUT2D eigenvalue weighted by molar-refractivity contribution is -0.123. The number of hydrogen-bond donors (Lipinski definition) is 0. The molecule has 1 heterocycles. The van der Waals surface area contributed by atoms with E-state index in [1.54, 1.807) is 48.5 Å². The zero-order valence-electron chi connectivity index (χ0n) is 16.5. The monoisotopic (exact) mass is 527 g/mol. The minimum atomic E-state index is -0.559. The Bertz CT molecular complexity index is 1230. The average Bonchev–Trinajstić information content (AvgIpc) is 3.04. The fourth-order valence-corrected chi connectivity index (χ4v) is 4.35. The van der Waals surface area contributed by atoms with Crippen molar-refractivity contribution in [3.63, 3.8) is 0 Å². The molecule has 1 aliphatic heterocycles. The van der Waals surface area contributed by atoms with Gasteiger partial charge in [0.05, 0.1) is 17.0 Å². The topological polar surface area (TPSA) is 63.7 Å². The lowest BCUT2D eigenvalue weighted by Gasteiger charge is -2.12. The molecule has 3 aromatic rings. The third-order valence-corrected chi connectivity index (χ3v) is 6.25. The molecule has 0 bridgehead atoms. The van der Waals surface area contributed by atoms with Crippen molar-refractivity contribution < 1.29 is 19.1 Å². The van der Waals surface area contributed by atoms with Crippen molar-refractivity contribution in [2.24, 2.45) is 0 Å². The van der Waals surface area contributed by atoms with E-state index in [1.165, 1.54) is 4.90 Å². The Balaban J connectivity index is 1.59. The van der Waals surface area contributed by atoms with E-state index in [4.69, 9.17) is 16.3 Å². The van der Waals surface area contributed by atoms with E-state index in [-0.39, 0.29) is 28.3 Å². The molecule has 4 rings (SSSR count). The minimum absolute atomic E-state index is 0.194. The summed E-state index contributed by atoms with van der Waals surface area (Å²) in [5.74, 6) is -0.683. The molecule has 160 valence electrons. The lowest BCUT2D eigenvalue weighted by atomic mass is 10.1. The molecule has 0 atom stereocenters. The van der Waals surface area contributed by atoms with E-state index < -0.39 is 5.97 Å². The summed E-state index contributed by atoms with van der Waals surface area (Å²) in [4.78, 5) is 39.3. The number of benzene rings is 3. The second-order valence-electron chi connectivity index (χ2n) is 6.83. The summed E-state index contributed by atoms with van der Waals surface area (Å²) in [6, 6.07) is 20.7. The van der Waals surface area contributed by atoms with E-state index in [0.29, 0.717) is 16.1 Å². The number of hydrogen-bond acceptors (Lipinski definition) is 5. The molecular weight excluding hydrogens is 514 g/mol. The van der Waals surface area contributed by atoms with E-state index in [0.717, 1.165) is 21.8 Å². The van der Waals surface area contributed by atoms with Gasteiger partial charge in [-0.3, -0.25) is 14.5 Å². The molecule has 0 N–H and O–H groups in total. The van der Waals surface area contributed by atoms with Crippen molar-refractivity contribution in [1.82, 2.24) is 4.90 Å². The van der Waals surface area contributed by atoms with Gasteiger partial charge in [-0.1, -0.05) is 57.9 Å².